The molecule has 0 saturated heterocycles. The molecule has 4 heteroatoms. The minimum atomic E-state index is -0.0775. The number of nitrogens with zero attached hydrogens (tertiary/aromatic N) is 2. The van der Waals surface area contributed by atoms with Crippen molar-refractivity contribution in [1.29, 1.82) is 0 Å². The first kappa shape index (κ1) is 13.2. The van der Waals surface area contributed by atoms with Gasteiger partial charge >= 0.3 is 0 Å². The third-order valence-corrected chi connectivity index (χ3v) is 6.15. The highest BCUT2D eigenvalue weighted by atomic mass is 16.1. The molecule has 4 bridgehead atoms. The predicted octanol–water partition coefficient (Wildman–Crippen LogP) is 2.81. The molecule has 0 aliphatic heterocycles. The van der Waals surface area contributed by atoms with Gasteiger partial charge in [-0.2, -0.15) is 0 Å². The van der Waals surface area contributed by atoms with E-state index in [4.69, 9.17) is 0 Å². The van der Waals surface area contributed by atoms with Gasteiger partial charge in [0.05, 0.1) is 6.20 Å². The van der Waals surface area contributed by atoms with E-state index in [0.29, 0.717) is 11.1 Å². The van der Waals surface area contributed by atoms with Gasteiger partial charge in [0.25, 0.3) is 5.91 Å². The van der Waals surface area contributed by atoms with Crippen LogP contribution < -0.4 is 5.32 Å². The van der Waals surface area contributed by atoms with E-state index >= 15 is 0 Å². The molecule has 5 rings (SSSR count). The predicted molar refractivity (Wildman–Crippen MR) is 79.6 cm³/mol. The Morgan fingerprint density at radius 3 is 2.33 bits per heavy atom. The number of aromatic nitrogens is 2. The van der Waals surface area contributed by atoms with Crippen molar-refractivity contribution in [3.8, 4) is 0 Å². The van der Waals surface area contributed by atoms with Crippen molar-refractivity contribution in [3.05, 3.63) is 24.3 Å². The van der Waals surface area contributed by atoms with Crippen molar-refractivity contribution >= 4 is 5.91 Å². The first-order valence-corrected chi connectivity index (χ1v) is 8.21. The molecule has 21 heavy (non-hydrogen) atoms. The fourth-order valence-electron chi connectivity index (χ4n) is 5.55. The van der Waals surface area contributed by atoms with Crippen LogP contribution >= 0.6 is 0 Å². The maximum Gasteiger partial charge on any atom is 0.271 e. The summed E-state index contributed by atoms with van der Waals surface area (Å²) < 4.78 is 0. The minimum absolute atomic E-state index is 0.0775. The molecule has 1 atom stereocenters. The van der Waals surface area contributed by atoms with Crippen LogP contribution in [0.15, 0.2) is 18.6 Å². The lowest BCUT2D eigenvalue weighted by molar-refractivity contribution is -0.0688. The van der Waals surface area contributed by atoms with Crippen LogP contribution in [-0.2, 0) is 0 Å². The summed E-state index contributed by atoms with van der Waals surface area (Å²) in [5, 5.41) is 3.21. The molecule has 4 aliphatic carbocycles. The van der Waals surface area contributed by atoms with Gasteiger partial charge in [0.2, 0.25) is 0 Å². The smallest absolute Gasteiger partial charge is 0.271 e. The van der Waals surface area contributed by atoms with E-state index < -0.39 is 0 Å². The maximum absolute atomic E-state index is 12.3. The molecule has 112 valence electrons. The number of carbonyl (C=O) groups is 1. The Bertz CT molecular complexity index is 507. The lowest BCUT2D eigenvalue weighted by Crippen LogP contribution is -2.55. The summed E-state index contributed by atoms with van der Waals surface area (Å²) in [7, 11) is 0. The third kappa shape index (κ3) is 2.25. The molecule has 1 heterocycles. The Labute approximate surface area is 125 Å². The van der Waals surface area contributed by atoms with E-state index in [1.54, 1.807) is 18.6 Å². The quantitative estimate of drug-likeness (QED) is 0.929. The molecular formula is C17H23N3O. The molecule has 1 N–H and O–H groups in total. The second kappa shape index (κ2) is 4.79. The summed E-state index contributed by atoms with van der Waals surface area (Å²) in [5.74, 6) is 2.65. The van der Waals surface area contributed by atoms with Crippen molar-refractivity contribution in [2.45, 2.75) is 51.5 Å². The summed E-state index contributed by atoms with van der Waals surface area (Å²) in [6, 6.07) is 0.236. The molecule has 0 spiro atoms. The Morgan fingerprint density at radius 2 is 1.81 bits per heavy atom. The van der Waals surface area contributed by atoms with E-state index in [-0.39, 0.29) is 11.9 Å². The third-order valence-electron chi connectivity index (χ3n) is 6.15. The van der Waals surface area contributed by atoms with Crippen LogP contribution in [0.2, 0.25) is 0 Å². The molecule has 4 aliphatic rings. The standard InChI is InChI=1S/C17H23N3O/c1-11(20-16(21)15-10-18-2-3-19-15)17-7-12-4-13(8-17)6-14(5-12)9-17/h2-3,10-14H,4-9H2,1H3,(H,20,21). The molecule has 4 saturated carbocycles. The lowest BCUT2D eigenvalue weighted by atomic mass is 9.48. The van der Waals surface area contributed by atoms with Crippen LogP contribution in [0.4, 0.5) is 0 Å². The second-order valence-electron chi connectivity index (χ2n) is 7.57. The summed E-state index contributed by atoms with van der Waals surface area (Å²) in [6.45, 7) is 2.20. The lowest BCUT2D eigenvalue weighted by Gasteiger charge is -2.59. The molecule has 1 unspecified atom stereocenters. The zero-order chi connectivity index (χ0) is 14.4. The Balaban J connectivity index is 1.50. The molecule has 1 amide bonds. The highest BCUT2D eigenvalue weighted by molar-refractivity contribution is 5.92. The van der Waals surface area contributed by atoms with Gasteiger partial charge in [-0.05, 0) is 68.6 Å². The molecule has 4 fully saturated rings. The monoisotopic (exact) mass is 285 g/mol. The van der Waals surface area contributed by atoms with Crippen molar-refractivity contribution in [2.24, 2.45) is 23.2 Å². The molecule has 0 radical (unpaired) electrons. The average Bonchev–Trinajstić information content (AvgIpc) is 2.46. The van der Waals surface area contributed by atoms with Gasteiger partial charge in [-0.15, -0.1) is 0 Å². The first-order chi connectivity index (χ1) is 10.1. The Kier molecular flexibility index (Phi) is 3.02. The second-order valence-corrected chi connectivity index (χ2v) is 7.57. The molecular weight excluding hydrogens is 262 g/mol. The van der Waals surface area contributed by atoms with Gasteiger partial charge < -0.3 is 5.32 Å². The largest absolute Gasteiger partial charge is 0.348 e. The molecule has 0 aromatic carbocycles. The number of nitrogens with one attached hydrogen (secondary N) is 1. The fraction of sp³-hybridized carbons (Fsp3) is 0.706. The van der Waals surface area contributed by atoms with Crippen LogP contribution in [0.1, 0.15) is 55.9 Å². The van der Waals surface area contributed by atoms with Crippen molar-refractivity contribution in [3.63, 3.8) is 0 Å². The van der Waals surface area contributed by atoms with Gasteiger partial charge in [-0.1, -0.05) is 0 Å². The van der Waals surface area contributed by atoms with E-state index in [2.05, 4.69) is 22.2 Å². The van der Waals surface area contributed by atoms with E-state index in [1.165, 1.54) is 38.5 Å². The van der Waals surface area contributed by atoms with E-state index in [0.717, 1.165) is 17.8 Å². The number of hydrogen-bond donors (Lipinski definition) is 1. The van der Waals surface area contributed by atoms with Gasteiger partial charge in [0, 0.05) is 18.4 Å². The number of carbonyl (C=O) groups excluding carboxylic acids is 1. The minimum Gasteiger partial charge on any atom is -0.348 e. The average molecular weight is 285 g/mol. The van der Waals surface area contributed by atoms with Crippen LogP contribution in [0.5, 0.6) is 0 Å². The zero-order valence-electron chi connectivity index (χ0n) is 12.6. The molecule has 4 nitrogen and oxygen atoms in total. The van der Waals surface area contributed by atoms with E-state index in [1.807, 2.05) is 0 Å². The summed E-state index contributed by atoms with van der Waals surface area (Å²) >= 11 is 0. The van der Waals surface area contributed by atoms with Crippen LogP contribution in [-0.4, -0.2) is 21.9 Å². The molecule has 1 aromatic heterocycles. The Hall–Kier alpha value is -1.45. The van der Waals surface area contributed by atoms with Crippen LogP contribution in [0.3, 0.4) is 0 Å². The first-order valence-electron chi connectivity index (χ1n) is 8.21. The van der Waals surface area contributed by atoms with Gasteiger partial charge in [0.15, 0.2) is 0 Å². The highest BCUT2D eigenvalue weighted by Gasteiger charge is 2.53. The molecule has 1 aromatic rings. The van der Waals surface area contributed by atoms with Crippen LogP contribution in [0, 0.1) is 23.2 Å². The highest BCUT2D eigenvalue weighted by Crippen LogP contribution is 2.61. The zero-order valence-corrected chi connectivity index (χ0v) is 12.6. The summed E-state index contributed by atoms with van der Waals surface area (Å²) in [5.41, 5.74) is 0.765. The van der Waals surface area contributed by atoms with Gasteiger partial charge in [0.1, 0.15) is 5.69 Å². The normalized spacial score (nSPS) is 38.2. The Morgan fingerprint density at radius 1 is 1.19 bits per heavy atom. The van der Waals surface area contributed by atoms with E-state index in [9.17, 15) is 4.79 Å². The van der Waals surface area contributed by atoms with Gasteiger partial charge in [-0.3, -0.25) is 9.78 Å². The fourth-order valence-corrected chi connectivity index (χ4v) is 5.55. The SMILES string of the molecule is CC(NC(=O)c1cnccn1)C12CC3CC(CC(C3)C1)C2. The maximum atomic E-state index is 12.3. The van der Waals surface area contributed by atoms with Crippen molar-refractivity contribution in [1.82, 2.24) is 15.3 Å². The topological polar surface area (TPSA) is 54.9 Å². The summed E-state index contributed by atoms with van der Waals surface area (Å²) in [6.07, 6.45) is 12.9. The van der Waals surface area contributed by atoms with Crippen molar-refractivity contribution < 1.29 is 4.79 Å². The van der Waals surface area contributed by atoms with Crippen molar-refractivity contribution in [2.75, 3.05) is 0 Å². The van der Waals surface area contributed by atoms with Crippen LogP contribution in [0.25, 0.3) is 0 Å². The van der Waals surface area contributed by atoms with Gasteiger partial charge in [-0.25, -0.2) is 4.98 Å². The number of amides is 1. The number of hydrogen-bond acceptors (Lipinski definition) is 3. The number of rotatable bonds is 3. The summed E-state index contributed by atoms with van der Waals surface area (Å²) in [4.78, 5) is 20.4.